The molecule has 1 atom stereocenters. The van der Waals surface area contributed by atoms with Crippen molar-refractivity contribution in [3.8, 4) is 0 Å². The van der Waals surface area contributed by atoms with Crippen molar-refractivity contribution in [1.29, 1.82) is 0 Å². The number of benzene rings is 1. The molecule has 0 amide bonds. The molecule has 1 aromatic rings. The fourth-order valence-corrected chi connectivity index (χ4v) is 1.82. The first-order chi connectivity index (χ1) is 8.24. The summed E-state index contributed by atoms with van der Waals surface area (Å²) < 4.78 is 11.6. The van der Waals surface area contributed by atoms with E-state index in [4.69, 9.17) is 9.47 Å². The fourth-order valence-electron chi connectivity index (χ4n) is 1.46. The first kappa shape index (κ1) is 14.9. The van der Waals surface area contributed by atoms with Gasteiger partial charge >= 0.3 is 0 Å². The maximum absolute atomic E-state index is 5.39. The van der Waals surface area contributed by atoms with E-state index in [1.54, 1.807) is 7.11 Å². The summed E-state index contributed by atoms with van der Waals surface area (Å²) in [6.45, 7) is 5.06. The van der Waals surface area contributed by atoms with Crippen LogP contribution in [0.5, 0.6) is 0 Å². The molecule has 3 nitrogen and oxygen atoms in total. The number of ether oxygens (including phenoxy) is 2. The van der Waals surface area contributed by atoms with E-state index in [9.17, 15) is 0 Å². The van der Waals surface area contributed by atoms with Gasteiger partial charge in [-0.15, -0.1) is 0 Å². The predicted molar refractivity (Wildman–Crippen MR) is 78.3 cm³/mol. The quantitative estimate of drug-likeness (QED) is 0.578. The first-order valence-corrected chi connectivity index (χ1v) is 6.87. The van der Waals surface area contributed by atoms with Crippen molar-refractivity contribution in [2.24, 2.45) is 0 Å². The minimum atomic E-state index is 0.359. The molecule has 0 saturated heterocycles. The van der Waals surface area contributed by atoms with Crippen molar-refractivity contribution in [1.82, 2.24) is 5.32 Å². The summed E-state index contributed by atoms with van der Waals surface area (Å²) in [5.74, 6) is 0. The third-order valence-corrected chi connectivity index (χ3v) is 3.22. The smallest absolute Gasteiger partial charge is 0.0700 e. The van der Waals surface area contributed by atoms with Crippen LogP contribution >= 0.6 is 22.6 Å². The molecule has 17 heavy (non-hydrogen) atoms. The predicted octanol–water partition coefficient (Wildman–Crippen LogP) is 2.60. The van der Waals surface area contributed by atoms with E-state index in [-0.39, 0.29) is 0 Å². The van der Waals surface area contributed by atoms with Crippen LogP contribution in [0.25, 0.3) is 0 Å². The number of hydrogen-bond acceptors (Lipinski definition) is 3. The highest BCUT2D eigenvalue weighted by Gasteiger charge is 2.03. The van der Waals surface area contributed by atoms with Gasteiger partial charge in [-0.25, -0.2) is 0 Å². The lowest BCUT2D eigenvalue weighted by Crippen LogP contribution is -2.23. The second kappa shape index (κ2) is 8.85. The Kier molecular flexibility index (Phi) is 7.75. The zero-order chi connectivity index (χ0) is 12.5. The van der Waals surface area contributed by atoms with Gasteiger partial charge in [0, 0.05) is 23.3 Å². The lowest BCUT2D eigenvalue weighted by Gasteiger charge is -2.14. The normalized spacial score (nSPS) is 12.6. The highest BCUT2D eigenvalue weighted by atomic mass is 127. The molecule has 1 unspecified atom stereocenters. The molecule has 0 heterocycles. The molecule has 0 aliphatic carbocycles. The summed E-state index contributed by atoms with van der Waals surface area (Å²) in [5, 5.41) is 3.43. The van der Waals surface area contributed by atoms with Crippen LogP contribution in [0, 0.1) is 3.57 Å². The highest BCUT2D eigenvalue weighted by Crippen LogP contribution is 2.13. The van der Waals surface area contributed by atoms with E-state index in [2.05, 4.69) is 59.1 Å². The molecule has 0 spiro atoms. The molecule has 0 saturated carbocycles. The summed E-state index contributed by atoms with van der Waals surface area (Å²) >= 11 is 2.32. The number of methoxy groups -OCH3 is 1. The minimum absolute atomic E-state index is 0.359. The maximum atomic E-state index is 5.39. The van der Waals surface area contributed by atoms with E-state index in [1.807, 2.05) is 0 Å². The summed E-state index contributed by atoms with van der Waals surface area (Å²) in [4.78, 5) is 0. The summed E-state index contributed by atoms with van der Waals surface area (Å²) in [6, 6.07) is 8.93. The van der Waals surface area contributed by atoms with E-state index in [0.29, 0.717) is 19.3 Å². The van der Waals surface area contributed by atoms with Crippen LogP contribution in [0.4, 0.5) is 0 Å². The molecular formula is C13H20INO2. The van der Waals surface area contributed by atoms with E-state index in [1.165, 1.54) is 9.13 Å². The Morgan fingerprint density at radius 2 is 1.88 bits per heavy atom. The Morgan fingerprint density at radius 3 is 2.53 bits per heavy atom. The second-order valence-electron chi connectivity index (χ2n) is 3.83. The van der Waals surface area contributed by atoms with Crippen molar-refractivity contribution in [2.45, 2.75) is 13.0 Å². The lowest BCUT2D eigenvalue weighted by atomic mass is 10.1. The van der Waals surface area contributed by atoms with Gasteiger partial charge in [-0.2, -0.15) is 0 Å². The van der Waals surface area contributed by atoms with Crippen molar-refractivity contribution in [3.05, 3.63) is 33.4 Å². The molecule has 0 fully saturated rings. The molecule has 0 aliphatic heterocycles. The molecule has 1 N–H and O–H groups in total. The van der Waals surface area contributed by atoms with E-state index >= 15 is 0 Å². The van der Waals surface area contributed by atoms with Crippen LogP contribution < -0.4 is 5.32 Å². The molecule has 0 radical (unpaired) electrons. The Balaban J connectivity index is 2.16. The SMILES string of the molecule is COCCOCCNC(C)c1ccc(I)cc1. The Morgan fingerprint density at radius 1 is 1.18 bits per heavy atom. The average Bonchev–Trinajstić information content (AvgIpc) is 2.34. The number of halogens is 1. The van der Waals surface area contributed by atoms with Gasteiger partial charge in [-0.05, 0) is 47.2 Å². The Bertz CT molecular complexity index is 303. The van der Waals surface area contributed by atoms with Gasteiger partial charge in [-0.1, -0.05) is 12.1 Å². The molecule has 4 heteroatoms. The van der Waals surface area contributed by atoms with E-state index < -0.39 is 0 Å². The van der Waals surface area contributed by atoms with Crippen molar-refractivity contribution in [2.75, 3.05) is 33.5 Å². The molecule has 1 aromatic carbocycles. The number of rotatable bonds is 8. The highest BCUT2D eigenvalue weighted by molar-refractivity contribution is 14.1. The topological polar surface area (TPSA) is 30.5 Å². The van der Waals surface area contributed by atoms with Gasteiger partial charge in [0.25, 0.3) is 0 Å². The molecule has 0 aliphatic rings. The van der Waals surface area contributed by atoms with Crippen molar-refractivity contribution in [3.63, 3.8) is 0 Å². The molecule has 0 bridgehead atoms. The summed E-state index contributed by atoms with van der Waals surface area (Å²) in [6.07, 6.45) is 0. The van der Waals surface area contributed by atoms with Crippen LogP contribution in [0.3, 0.4) is 0 Å². The lowest BCUT2D eigenvalue weighted by molar-refractivity contribution is 0.0712. The number of hydrogen-bond donors (Lipinski definition) is 1. The van der Waals surface area contributed by atoms with Crippen molar-refractivity contribution < 1.29 is 9.47 Å². The Labute approximate surface area is 117 Å². The Hall–Kier alpha value is -0.170. The third kappa shape index (κ3) is 6.35. The monoisotopic (exact) mass is 349 g/mol. The third-order valence-electron chi connectivity index (χ3n) is 2.50. The first-order valence-electron chi connectivity index (χ1n) is 5.79. The maximum Gasteiger partial charge on any atom is 0.0700 e. The van der Waals surface area contributed by atoms with Gasteiger partial charge in [0.1, 0.15) is 0 Å². The van der Waals surface area contributed by atoms with Crippen LogP contribution in [-0.4, -0.2) is 33.5 Å². The standard InChI is InChI=1S/C13H20INO2/c1-11(12-3-5-13(14)6-4-12)15-7-8-17-10-9-16-2/h3-6,11,15H,7-10H2,1-2H3. The molecular weight excluding hydrogens is 329 g/mol. The van der Waals surface area contributed by atoms with Gasteiger partial charge in [-0.3, -0.25) is 0 Å². The van der Waals surface area contributed by atoms with Gasteiger partial charge in [0.2, 0.25) is 0 Å². The number of nitrogens with one attached hydrogen (secondary N) is 1. The molecule has 1 rings (SSSR count). The van der Waals surface area contributed by atoms with Gasteiger partial charge in [0.05, 0.1) is 19.8 Å². The summed E-state index contributed by atoms with van der Waals surface area (Å²) in [7, 11) is 1.68. The van der Waals surface area contributed by atoms with Crippen LogP contribution in [0.15, 0.2) is 24.3 Å². The summed E-state index contributed by atoms with van der Waals surface area (Å²) in [5.41, 5.74) is 1.31. The molecule has 96 valence electrons. The zero-order valence-corrected chi connectivity index (χ0v) is 12.6. The van der Waals surface area contributed by atoms with E-state index in [0.717, 1.165) is 13.2 Å². The van der Waals surface area contributed by atoms with Crippen LogP contribution in [0.1, 0.15) is 18.5 Å². The average molecular weight is 349 g/mol. The largest absolute Gasteiger partial charge is 0.382 e. The fraction of sp³-hybridized carbons (Fsp3) is 0.538. The van der Waals surface area contributed by atoms with Crippen molar-refractivity contribution >= 4 is 22.6 Å². The van der Waals surface area contributed by atoms with Gasteiger partial charge < -0.3 is 14.8 Å². The van der Waals surface area contributed by atoms with Gasteiger partial charge in [0.15, 0.2) is 0 Å². The molecule has 0 aromatic heterocycles. The van der Waals surface area contributed by atoms with Crippen LogP contribution in [-0.2, 0) is 9.47 Å². The second-order valence-corrected chi connectivity index (χ2v) is 5.08. The minimum Gasteiger partial charge on any atom is -0.382 e. The van der Waals surface area contributed by atoms with Crippen LogP contribution in [0.2, 0.25) is 0 Å². The zero-order valence-electron chi connectivity index (χ0n) is 10.4.